The van der Waals surface area contributed by atoms with E-state index < -0.39 is 0 Å². The van der Waals surface area contributed by atoms with Crippen LogP contribution in [0.15, 0.2) is 114 Å². The summed E-state index contributed by atoms with van der Waals surface area (Å²) >= 11 is 6.60. The predicted molar refractivity (Wildman–Crippen MR) is 143 cm³/mol. The second kappa shape index (κ2) is 9.24. The molecule has 0 N–H and O–H groups in total. The highest BCUT2D eigenvalue weighted by molar-refractivity contribution is 6.31. The van der Waals surface area contributed by atoms with Gasteiger partial charge in [-0.2, -0.15) is 0 Å². The number of aromatic nitrogens is 3. The Hall–Kier alpha value is -4.15. The van der Waals surface area contributed by atoms with E-state index in [9.17, 15) is 0 Å². The number of rotatable bonds is 4. The second-order valence-corrected chi connectivity index (χ2v) is 8.94. The van der Waals surface area contributed by atoms with E-state index in [2.05, 4.69) is 30.4 Å². The van der Waals surface area contributed by atoms with Gasteiger partial charge in [-0.05, 0) is 29.3 Å². The SMILES string of the molecule is Clc1cc(C2=CC3C=CC=CC3N=C2)cc(-c2nc(-c3ccccc3)nc(-c3ccccc3)n2)c1. The highest BCUT2D eigenvalue weighted by atomic mass is 35.5. The molecule has 1 aromatic heterocycles. The fourth-order valence-electron chi connectivity index (χ4n) is 4.33. The fourth-order valence-corrected chi connectivity index (χ4v) is 4.56. The maximum Gasteiger partial charge on any atom is 0.164 e. The molecule has 2 atom stereocenters. The molecule has 2 heterocycles. The van der Waals surface area contributed by atoms with Crippen LogP contribution in [0, 0.1) is 5.92 Å². The number of hydrogen-bond acceptors (Lipinski definition) is 4. The molecule has 0 saturated carbocycles. The molecule has 1 aliphatic heterocycles. The molecule has 4 nitrogen and oxygen atoms in total. The summed E-state index contributed by atoms with van der Waals surface area (Å²) < 4.78 is 0. The van der Waals surface area contributed by atoms with Gasteiger partial charge in [0.1, 0.15) is 0 Å². The minimum absolute atomic E-state index is 0.160. The largest absolute Gasteiger partial charge is 0.284 e. The number of benzene rings is 3. The highest BCUT2D eigenvalue weighted by Crippen LogP contribution is 2.32. The number of hydrogen-bond donors (Lipinski definition) is 0. The van der Waals surface area contributed by atoms with Gasteiger partial charge in [0.15, 0.2) is 17.5 Å². The standard InChI is InChI=1S/C30H21ClN4/c31-26-17-23(25-15-22-13-7-8-14-27(22)32-19-25)16-24(18-26)30-34-28(20-9-3-1-4-10-20)33-29(35-30)21-11-5-2-6-12-21/h1-19,22,27H. The Morgan fingerprint density at radius 3 is 1.83 bits per heavy atom. The minimum Gasteiger partial charge on any atom is -0.284 e. The Balaban J connectivity index is 1.47. The van der Waals surface area contributed by atoms with Crippen LogP contribution in [0.3, 0.4) is 0 Å². The lowest BCUT2D eigenvalue weighted by Gasteiger charge is -2.22. The number of fused-ring (bicyclic) bond motifs is 1. The lowest BCUT2D eigenvalue weighted by Crippen LogP contribution is -2.18. The zero-order valence-corrected chi connectivity index (χ0v) is 19.5. The van der Waals surface area contributed by atoms with Crippen molar-refractivity contribution in [2.24, 2.45) is 10.9 Å². The molecule has 4 aromatic rings. The molecule has 0 fully saturated rings. The molecular formula is C30H21ClN4. The molecule has 0 amide bonds. The van der Waals surface area contributed by atoms with Crippen molar-refractivity contribution in [2.75, 3.05) is 0 Å². The molecule has 35 heavy (non-hydrogen) atoms. The van der Waals surface area contributed by atoms with Gasteiger partial charge in [0.2, 0.25) is 0 Å². The zero-order chi connectivity index (χ0) is 23.6. The maximum absolute atomic E-state index is 6.60. The smallest absolute Gasteiger partial charge is 0.164 e. The van der Waals surface area contributed by atoms with Gasteiger partial charge in [-0.25, -0.2) is 15.0 Å². The molecule has 0 saturated heterocycles. The van der Waals surface area contributed by atoms with Crippen molar-refractivity contribution in [3.8, 4) is 34.2 Å². The molecule has 1 aliphatic carbocycles. The Morgan fingerprint density at radius 1 is 0.600 bits per heavy atom. The predicted octanol–water partition coefficient (Wildman–Crippen LogP) is 7.10. The van der Waals surface area contributed by atoms with E-state index in [0.29, 0.717) is 22.5 Å². The first kappa shape index (κ1) is 21.4. The van der Waals surface area contributed by atoms with Gasteiger partial charge in [-0.15, -0.1) is 0 Å². The maximum atomic E-state index is 6.60. The molecule has 6 rings (SSSR count). The normalized spacial score (nSPS) is 18.3. The number of halogens is 1. The third-order valence-corrected chi connectivity index (χ3v) is 6.31. The minimum atomic E-state index is 0.160. The van der Waals surface area contributed by atoms with Crippen LogP contribution < -0.4 is 0 Å². The van der Waals surface area contributed by atoms with E-state index in [-0.39, 0.29) is 12.0 Å². The van der Waals surface area contributed by atoms with Crippen molar-refractivity contribution >= 4 is 23.4 Å². The van der Waals surface area contributed by atoms with E-state index in [0.717, 1.165) is 27.8 Å². The van der Waals surface area contributed by atoms with Gasteiger partial charge < -0.3 is 0 Å². The van der Waals surface area contributed by atoms with Crippen molar-refractivity contribution in [3.63, 3.8) is 0 Å². The summed E-state index contributed by atoms with van der Waals surface area (Å²) in [6, 6.07) is 26.0. The van der Waals surface area contributed by atoms with E-state index in [1.54, 1.807) is 0 Å². The van der Waals surface area contributed by atoms with Gasteiger partial charge in [0, 0.05) is 33.8 Å². The zero-order valence-electron chi connectivity index (χ0n) is 18.8. The molecule has 2 aliphatic rings. The molecule has 168 valence electrons. The molecule has 2 unspecified atom stereocenters. The quantitative estimate of drug-likeness (QED) is 0.318. The van der Waals surface area contributed by atoms with Crippen LogP contribution in [0.25, 0.3) is 39.7 Å². The first-order chi connectivity index (χ1) is 17.2. The third-order valence-electron chi connectivity index (χ3n) is 6.09. The molecule has 0 spiro atoms. The average Bonchev–Trinajstić information content (AvgIpc) is 2.93. The van der Waals surface area contributed by atoms with Crippen LogP contribution in [0.5, 0.6) is 0 Å². The molecule has 3 aromatic carbocycles. The lowest BCUT2D eigenvalue weighted by molar-refractivity contribution is 0.685. The van der Waals surface area contributed by atoms with Crippen molar-refractivity contribution in [2.45, 2.75) is 6.04 Å². The van der Waals surface area contributed by atoms with Gasteiger partial charge in [0.25, 0.3) is 0 Å². The van der Waals surface area contributed by atoms with E-state index in [4.69, 9.17) is 31.5 Å². The second-order valence-electron chi connectivity index (χ2n) is 8.50. The van der Waals surface area contributed by atoms with Crippen LogP contribution in [-0.2, 0) is 0 Å². The van der Waals surface area contributed by atoms with Gasteiger partial charge in [-0.1, -0.05) is 103 Å². The number of dihydropyridines is 1. The summed E-state index contributed by atoms with van der Waals surface area (Å²) in [5.74, 6) is 2.06. The summed E-state index contributed by atoms with van der Waals surface area (Å²) in [4.78, 5) is 19.2. The summed E-state index contributed by atoms with van der Waals surface area (Å²) in [6.07, 6.45) is 12.6. The van der Waals surface area contributed by atoms with Gasteiger partial charge >= 0.3 is 0 Å². The summed E-state index contributed by atoms with van der Waals surface area (Å²) in [7, 11) is 0. The molecule has 0 radical (unpaired) electrons. The monoisotopic (exact) mass is 472 g/mol. The van der Waals surface area contributed by atoms with Crippen molar-refractivity contribution in [3.05, 3.63) is 120 Å². The van der Waals surface area contributed by atoms with Crippen LogP contribution in [0.2, 0.25) is 5.02 Å². The van der Waals surface area contributed by atoms with Crippen LogP contribution in [0.1, 0.15) is 5.56 Å². The average molecular weight is 473 g/mol. The lowest BCUT2D eigenvalue weighted by atomic mass is 9.89. The number of nitrogens with zero attached hydrogens (tertiary/aromatic N) is 4. The first-order valence-corrected chi connectivity index (χ1v) is 11.9. The van der Waals surface area contributed by atoms with E-state index >= 15 is 0 Å². The van der Waals surface area contributed by atoms with Crippen molar-refractivity contribution < 1.29 is 0 Å². The molecule has 5 heteroatoms. The Bertz CT molecular complexity index is 1450. The van der Waals surface area contributed by atoms with Gasteiger partial charge in [-0.3, -0.25) is 4.99 Å². The molecular weight excluding hydrogens is 452 g/mol. The van der Waals surface area contributed by atoms with Crippen LogP contribution in [-0.4, -0.2) is 27.2 Å². The van der Waals surface area contributed by atoms with Crippen LogP contribution >= 0.6 is 11.6 Å². The molecule has 0 bridgehead atoms. The Kier molecular flexibility index (Phi) is 5.65. The number of allylic oxidation sites excluding steroid dienone is 3. The fraction of sp³-hybridized carbons (Fsp3) is 0.0667. The highest BCUT2D eigenvalue weighted by Gasteiger charge is 2.20. The summed E-state index contributed by atoms with van der Waals surface area (Å²) in [6.45, 7) is 0. The summed E-state index contributed by atoms with van der Waals surface area (Å²) in [5.41, 5.74) is 4.72. The van der Waals surface area contributed by atoms with Gasteiger partial charge in [0.05, 0.1) is 6.04 Å². The van der Waals surface area contributed by atoms with Crippen molar-refractivity contribution in [1.29, 1.82) is 0 Å². The Labute approximate surface area is 209 Å². The van der Waals surface area contributed by atoms with E-state index in [1.165, 1.54) is 0 Å². The van der Waals surface area contributed by atoms with E-state index in [1.807, 2.05) is 85.1 Å². The third kappa shape index (κ3) is 4.48. The topological polar surface area (TPSA) is 51.0 Å². The summed E-state index contributed by atoms with van der Waals surface area (Å²) in [5, 5.41) is 0.621. The first-order valence-electron chi connectivity index (χ1n) is 11.5. The Morgan fingerprint density at radius 2 is 1.17 bits per heavy atom. The van der Waals surface area contributed by atoms with Crippen molar-refractivity contribution in [1.82, 2.24) is 15.0 Å². The number of aliphatic imine (C=N–C) groups is 1. The van der Waals surface area contributed by atoms with Crippen LogP contribution in [0.4, 0.5) is 0 Å².